The number of aliphatic hydroxyl groups is 1. The minimum atomic E-state index is -1.17. The Morgan fingerprint density at radius 3 is 2.29 bits per heavy atom. The zero-order valence-electron chi connectivity index (χ0n) is 18.8. The van der Waals surface area contributed by atoms with Crippen LogP contribution in [0, 0.1) is 0 Å². The van der Waals surface area contributed by atoms with Crippen molar-refractivity contribution in [3.8, 4) is 11.1 Å². The van der Waals surface area contributed by atoms with Crippen molar-refractivity contribution in [3.63, 3.8) is 0 Å². The minimum Gasteiger partial charge on any atom is -0.480 e. The molecule has 2 aromatic rings. The van der Waals surface area contributed by atoms with Crippen LogP contribution in [-0.2, 0) is 19.1 Å². The maximum absolute atomic E-state index is 12.7. The van der Waals surface area contributed by atoms with E-state index in [-0.39, 0.29) is 38.5 Å². The quantitative estimate of drug-likeness (QED) is 0.541. The van der Waals surface area contributed by atoms with Gasteiger partial charge in [-0.1, -0.05) is 48.5 Å². The molecule has 1 aliphatic carbocycles. The third-order valence-electron chi connectivity index (χ3n) is 6.43. The molecule has 4 rings (SSSR count). The van der Waals surface area contributed by atoms with Crippen LogP contribution < -0.4 is 5.32 Å². The summed E-state index contributed by atoms with van der Waals surface area (Å²) in [7, 11) is 1.35. The maximum Gasteiger partial charge on any atom is 0.407 e. The lowest BCUT2D eigenvalue weighted by atomic mass is 9.98. The van der Waals surface area contributed by atoms with E-state index in [1.165, 1.54) is 7.11 Å². The monoisotopic (exact) mass is 468 g/mol. The molecule has 1 unspecified atom stereocenters. The molecular weight excluding hydrogens is 440 g/mol. The van der Waals surface area contributed by atoms with Gasteiger partial charge < -0.3 is 29.9 Å². The van der Waals surface area contributed by atoms with Crippen LogP contribution in [0.1, 0.15) is 29.9 Å². The number of ether oxygens (including phenoxy) is 2. The largest absolute Gasteiger partial charge is 0.480 e. The number of aliphatic hydroxyl groups excluding tert-OH is 1. The molecule has 0 bridgehead atoms. The molecule has 9 nitrogen and oxygen atoms in total. The lowest BCUT2D eigenvalue weighted by Gasteiger charge is -2.25. The Kier molecular flexibility index (Phi) is 7.14. The van der Waals surface area contributed by atoms with E-state index >= 15 is 0 Å². The number of carbonyl (C=O) groups excluding carboxylic acids is 2. The zero-order valence-corrected chi connectivity index (χ0v) is 18.8. The van der Waals surface area contributed by atoms with Crippen molar-refractivity contribution in [3.05, 3.63) is 59.7 Å². The van der Waals surface area contributed by atoms with Gasteiger partial charge in [0.2, 0.25) is 0 Å². The van der Waals surface area contributed by atoms with Crippen LogP contribution in [0.25, 0.3) is 11.1 Å². The number of alkyl carbamates (subject to hydrolysis) is 1. The molecule has 1 heterocycles. The summed E-state index contributed by atoms with van der Waals surface area (Å²) in [4.78, 5) is 37.6. The van der Waals surface area contributed by atoms with E-state index in [9.17, 15) is 24.6 Å². The number of carbonyl (C=O) groups is 3. The Balaban J connectivity index is 1.29. The molecule has 0 radical (unpaired) electrons. The number of hydrogen-bond acceptors (Lipinski definition) is 6. The third kappa shape index (κ3) is 4.76. The van der Waals surface area contributed by atoms with Gasteiger partial charge in [-0.15, -0.1) is 0 Å². The summed E-state index contributed by atoms with van der Waals surface area (Å²) in [5.41, 5.74) is 4.50. The van der Waals surface area contributed by atoms with Crippen molar-refractivity contribution in [2.24, 2.45) is 0 Å². The van der Waals surface area contributed by atoms with E-state index in [1.807, 2.05) is 36.4 Å². The summed E-state index contributed by atoms with van der Waals surface area (Å²) in [6.07, 6.45) is -2.32. The SMILES string of the molecule is COC(CCNC(=O)OCC1c2ccccc2-c2ccccc21)C(=O)N1C[C@H](O)C[C@H]1C(=O)O. The second-order valence-electron chi connectivity index (χ2n) is 8.50. The second-order valence-corrected chi connectivity index (χ2v) is 8.50. The number of nitrogens with zero attached hydrogens (tertiary/aromatic N) is 1. The molecule has 0 spiro atoms. The van der Waals surface area contributed by atoms with Gasteiger partial charge >= 0.3 is 12.1 Å². The number of β-amino-alcohol motifs (C(OH)–C–C–N with tert-alkyl or cyclic N) is 1. The molecule has 2 aliphatic rings. The highest BCUT2D eigenvalue weighted by Crippen LogP contribution is 2.44. The van der Waals surface area contributed by atoms with Gasteiger partial charge in [-0.05, 0) is 22.3 Å². The molecular formula is C25H28N2O7. The fourth-order valence-corrected chi connectivity index (χ4v) is 4.77. The van der Waals surface area contributed by atoms with Crippen LogP contribution in [0.3, 0.4) is 0 Å². The predicted octanol–water partition coefficient (Wildman–Crippen LogP) is 1.98. The highest BCUT2D eigenvalue weighted by molar-refractivity contribution is 5.87. The molecule has 0 aromatic heterocycles. The van der Waals surface area contributed by atoms with E-state index in [4.69, 9.17) is 9.47 Å². The van der Waals surface area contributed by atoms with Crippen molar-refractivity contribution in [1.82, 2.24) is 10.2 Å². The van der Waals surface area contributed by atoms with Gasteiger partial charge in [0.15, 0.2) is 0 Å². The second kappa shape index (κ2) is 10.2. The first-order valence-corrected chi connectivity index (χ1v) is 11.2. The normalized spacial score (nSPS) is 19.9. The number of rotatable bonds is 8. The van der Waals surface area contributed by atoms with Crippen LogP contribution in [0.4, 0.5) is 4.79 Å². The van der Waals surface area contributed by atoms with E-state index in [2.05, 4.69) is 17.4 Å². The molecule has 34 heavy (non-hydrogen) atoms. The smallest absolute Gasteiger partial charge is 0.407 e. The van der Waals surface area contributed by atoms with E-state index in [1.54, 1.807) is 0 Å². The Morgan fingerprint density at radius 2 is 1.71 bits per heavy atom. The predicted molar refractivity (Wildman–Crippen MR) is 122 cm³/mol. The molecule has 9 heteroatoms. The number of hydrogen-bond donors (Lipinski definition) is 3. The van der Waals surface area contributed by atoms with Gasteiger partial charge in [0.25, 0.3) is 5.91 Å². The highest BCUT2D eigenvalue weighted by Gasteiger charge is 2.41. The molecule has 180 valence electrons. The van der Waals surface area contributed by atoms with Crippen molar-refractivity contribution < 1.29 is 34.1 Å². The first kappa shape index (κ1) is 23.7. The van der Waals surface area contributed by atoms with Gasteiger partial charge in [-0.3, -0.25) is 4.79 Å². The Bertz CT molecular complexity index is 1030. The van der Waals surface area contributed by atoms with Crippen molar-refractivity contribution in [1.29, 1.82) is 0 Å². The maximum atomic E-state index is 12.7. The summed E-state index contributed by atoms with van der Waals surface area (Å²) < 4.78 is 10.7. The van der Waals surface area contributed by atoms with Gasteiger partial charge in [0.05, 0.1) is 6.10 Å². The number of benzene rings is 2. The van der Waals surface area contributed by atoms with Crippen molar-refractivity contribution in [2.45, 2.75) is 37.0 Å². The van der Waals surface area contributed by atoms with E-state index in [0.29, 0.717) is 0 Å². The molecule has 1 fully saturated rings. The van der Waals surface area contributed by atoms with Crippen molar-refractivity contribution >= 4 is 18.0 Å². The summed E-state index contributed by atoms with van der Waals surface area (Å²) in [6, 6.07) is 15.0. The summed E-state index contributed by atoms with van der Waals surface area (Å²) in [5, 5.41) is 21.7. The van der Waals surface area contributed by atoms with Gasteiger partial charge in [0, 0.05) is 39.0 Å². The Morgan fingerprint density at radius 1 is 1.09 bits per heavy atom. The lowest BCUT2D eigenvalue weighted by molar-refractivity contribution is -0.153. The molecule has 2 amide bonds. The fourth-order valence-electron chi connectivity index (χ4n) is 4.77. The average molecular weight is 469 g/mol. The fraction of sp³-hybridized carbons (Fsp3) is 0.400. The van der Waals surface area contributed by atoms with Crippen LogP contribution >= 0.6 is 0 Å². The summed E-state index contributed by atoms with van der Waals surface area (Å²) >= 11 is 0. The summed E-state index contributed by atoms with van der Waals surface area (Å²) in [5.74, 6) is -1.75. The Hall–Kier alpha value is -3.43. The number of carboxylic acid groups (broad SMARTS) is 1. The molecule has 3 N–H and O–H groups in total. The van der Waals surface area contributed by atoms with Gasteiger partial charge in [0.1, 0.15) is 18.8 Å². The first-order chi connectivity index (χ1) is 16.4. The first-order valence-electron chi connectivity index (χ1n) is 11.2. The molecule has 2 aromatic carbocycles. The van der Waals surface area contributed by atoms with Crippen LogP contribution in [-0.4, -0.2) is 78.1 Å². The zero-order chi connectivity index (χ0) is 24.2. The van der Waals surface area contributed by atoms with E-state index in [0.717, 1.165) is 27.2 Å². The van der Waals surface area contributed by atoms with Gasteiger partial charge in [-0.2, -0.15) is 0 Å². The lowest BCUT2D eigenvalue weighted by Crippen LogP contribution is -2.47. The molecule has 3 atom stereocenters. The number of likely N-dealkylation sites (tertiary alicyclic amines) is 1. The number of aliphatic carboxylic acids is 1. The third-order valence-corrected chi connectivity index (χ3v) is 6.43. The highest BCUT2D eigenvalue weighted by atomic mass is 16.5. The van der Waals surface area contributed by atoms with Crippen LogP contribution in [0.5, 0.6) is 0 Å². The van der Waals surface area contributed by atoms with Crippen LogP contribution in [0.2, 0.25) is 0 Å². The molecule has 1 aliphatic heterocycles. The molecule has 0 saturated carbocycles. The number of carboxylic acids is 1. The average Bonchev–Trinajstić information content (AvgIpc) is 3.38. The van der Waals surface area contributed by atoms with Gasteiger partial charge in [-0.25, -0.2) is 9.59 Å². The summed E-state index contributed by atoms with van der Waals surface area (Å²) in [6.45, 7) is 0.225. The minimum absolute atomic E-state index is 0.0183. The van der Waals surface area contributed by atoms with Crippen molar-refractivity contribution in [2.75, 3.05) is 26.8 Å². The Labute approximate surface area is 197 Å². The van der Waals surface area contributed by atoms with E-state index < -0.39 is 36.2 Å². The number of methoxy groups -OCH3 is 1. The number of nitrogens with one attached hydrogen (secondary N) is 1. The number of amides is 2. The molecule has 1 saturated heterocycles. The standard InChI is InChI=1S/C25H28N2O7/c1-33-22(23(29)27-13-15(28)12-21(27)24(30)31)10-11-26-25(32)34-14-20-18-8-4-2-6-16(18)17-7-3-5-9-19(17)20/h2-9,15,20-22,28H,10-14H2,1H3,(H,26,32)(H,30,31)/t15-,21+,22?/m1/s1. The number of fused-ring (bicyclic) bond motifs is 3. The topological polar surface area (TPSA) is 125 Å². The van der Waals surface area contributed by atoms with Crippen LogP contribution in [0.15, 0.2) is 48.5 Å².